The maximum atomic E-state index is 12.8. The molecule has 2 heterocycles. The van der Waals surface area contributed by atoms with E-state index in [1.165, 1.54) is 5.01 Å². The van der Waals surface area contributed by atoms with Crippen molar-refractivity contribution in [2.45, 2.75) is 59.2 Å². The molecule has 10 nitrogen and oxygen atoms in total. The average molecular weight is 383 g/mol. The van der Waals surface area contributed by atoms with Crippen LogP contribution in [0.15, 0.2) is 11.3 Å². The number of hydrazine groups is 1. The highest BCUT2D eigenvalue weighted by Crippen LogP contribution is 2.42. The Balaban J connectivity index is 2.40. The third-order valence-electron chi connectivity index (χ3n) is 4.12. The first kappa shape index (κ1) is 20.7. The van der Waals surface area contributed by atoms with E-state index in [0.717, 1.165) is 5.01 Å². The van der Waals surface area contributed by atoms with Crippen molar-refractivity contribution >= 4 is 23.9 Å². The third kappa shape index (κ3) is 3.90. The zero-order valence-corrected chi connectivity index (χ0v) is 16.2. The highest BCUT2D eigenvalue weighted by molar-refractivity contribution is 6.05. The van der Waals surface area contributed by atoms with Crippen molar-refractivity contribution in [3.8, 4) is 0 Å². The topological polar surface area (TPSA) is 136 Å². The molecule has 0 aromatic rings. The Kier molecular flexibility index (Phi) is 5.00. The summed E-state index contributed by atoms with van der Waals surface area (Å²) < 4.78 is 5.14. The lowest BCUT2D eigenvalue weighted by Crippen LogP contribution is -2.47. The van der Waals surface area contributed by atoms with Gasteiger partial charge in [-0.25, -0.2) is 24.4 Å². The van der Waals surface area contributed by atoms with Gasteiger partial charge >= 0.3 is 18.0 Å². The Hall–Kier alpha value is -2.62. The summed E-state index contributed by atoms with van der Waals surface area (Å²) in [6.07, 6.45) is -0.810. The lowest BCUT2D eigenvalue weighted by Gasteiger charge is -2.35. The van der Waals surface area contributed by atoms with Crippen molar-refractivity contribution in [1.82, 2.24) is 15.3 Å². The van der Waals surface area contributed by atoms with E-state index < -0.39 is 52.7 Å². The van der Waals surface area contributed by atoms with Gasteiger partial charge in [0, 0.05) is 6.54 Å². The van der Waals surface area contributed by atoms with Crippen LogP contribution in [0.2, 0.25) is 0 Å². The van der Waals surface area contributed by atoms with Crippen molar-refractivity contribution in [3.63, 3.8) is 0 Å². The minimum Gasteiger partial charge on any atom is -0.478 e. The molecule has 1 saturated heterocycles. The molecule has 3 N–H and O–H groups in total. The Morgan fingerprint density at radius 1 is 1.07 bits per heavy atom. The van der Waals surface area contributed by atoms with E-state index in [-0.39, 0.29) is 12.1 Å². The highest BCUT2D eigenvalue weighted by atomic mass is 16.6. The van der Waals surface area contributed by atoms with Gasteiger partial charge in [-0.15, -0.1) is 0 Å². The number of nitrogens with one attached hydrogen (secondary N) is 1. The molecule has 1 fully saturated rings. The van der Waals surface area contributed by atoms with Crippen LogP contribution < -0.4 is 5.32 Å². The molecule has 2 aliphatic heterocycles. The number of alkyl carbamates (subject to hydrolysis) is 1. The predicted octanol–water partition coefficient (Wildman–Crippen LogP) is 0.791. The van der Waals surface area contributed by atoms with E-state index >= 15 is 0 Å². The van der Waals surface area contributed by atoms with Gasteiger partial charge in [0.1, 0.15) is 11.6 Å². The number of aliphatic carboxylic acids is 2. The number of nitrogens with zero attached hydrogens (tertiary/aromatic N) is 2. The van der Waals surface area contributed by atoms with Crippen molar-refractivity contribution in [2.24, 2.45) is 5.41 Å². The Morgan fingerprint density at radius 3 is 2.04 bits per heavy atom. The first-order valence-electron chi connectivity index (χ1n) is 8.46. The molecular formula is C17H25N3O7. The maximum absolute atomic E-state index is 12.8. The summed E-state index contributed by atoms with van der Waals surface area (Å²) in [4.78, 5) is 48.3. The van der Waals surface area contributed by atoms with Crippen LogP contribution in [0.3, 0.4) is 0 Å². The quantitative estimate of drug-likeness (QED) is 0.651. The van der Waals surface area contributed by atoms with Crippen LogP contribution in [0.5, 0.6) is 0 Å². The Labute approximate surface area is 156 Å². The molecule has 2 atom stereocenters. The number of ether oxygens (including phenoxy) is 1. The third-order valence-corrected chi connectivity index (χ3v) is 4.12. The highest BCUT2D eigenvalue weighted by Gasteiger charge is 2.57. The van der Waals surface area contributed by atoms with Crippen molar-refractivity contribution in [1.29, 1.82) is 0 Å². The molecule has 150 valence electrons. The van der Waals surface area contributed by atoms with E-state index in [0.29, 0.717) is 0 Å². The molecule has 2 rings (SSSR count). The van der Waals surface area contributed by atoms with Crippen LogP contribution in [0.4, 0.5) is 4.79 Å². The fraction of sp³-hybridized carbons (Fsp3) is 0.647. The smallest absolute Gasteiger partial charge is 0.408 e. The zero-order chi connectivity index (χ0) is 20.9. The number of carbonyl (C=O) groups is 4. The van der Waals surface area contributed by atoms with E-state index in [4.69, 9.17) is 4.74 Å². The number of hydrogen-bond donors (Lipinski definition) is 3. The normalized spacial score (nSPS) is 23.5. The first-order chi connectivity index (χ1) is 12.1. The molecule has 0 aliphatic carbocycles. The molecule has 0 aromatic carbocycles. The summed E-state index contributed by atoms with van der Waals surface area (Å²) in [6.45, 7) is 10.2. The first-order valence-corrected chi connectivity index (χ1v) is 8.46. The number of fused-ring (bicyclic) bond motifs is 1. The summed E-state index contributed by atoms with van der Waals surface area (Å²) in [5.41, 5.74) is -2.39. The lowest BCUT2D eigenvalue weighted by atomic mass is 9.81. The summed E-state index contributed by atoms with van der Waals surface area (Å²) in [5.74, 6) is -3.63. The number of amides is 2. The standard InChI is InChI=1S/C17H25N3O7/c1-16(2,3)11-9(13(22)23)10(14(24)25)20-12(21)8(7-19(11)20)18-15(26)27-17(4,5)6/h8,11H,7H2,1-6H3,(H,18,26)(H,22,23)(H,24,25)/t8-,11?/m0/s1. The molecule has 1 unspecified atom stereocenters. The van der Waals surface area contributed by atoms with Crippen molar-refractivity contribution in [2.75, 3.05) is 6.54 Å². The molecular weight excluding hydrogens is 358 g/mol. The van der Waals surface area contributed by atoms with E-state index in [9.17, 15) is 29.4 Å². The van der Waals surface area contributed by atoms with Gasteiger partial charge in [0.25, 0.3) is 5.91 Å². The summed E-state index contributed by atoms with van der Waals surface area (Å²) in [6, 6.07) is -1.90. The molecule has 0 radical (unpaired) electrons. The van der Waals surface area contributed by atoms with Gasteiger partial charge in [0.05, 0.1) is 11.6 Å². The van der Waals surface area contributed by atoms with Gasteiger partial charge in [-0.1, -0.05) is 20.8 Å². The second-order valence-electron chi connectivity index (χ2n) is 8.61. The Morgan fingerprint density at radius 2 is 1.63 bits per heavy atom. The maximum Gasteiger partial charge on any atom is 0.408 e. The van der Waals surface area contributed by atoms with Gasteiger partial charge in [0.15, 0.2) is 5.70 Å². The summed E-state index contributed by atoms with van der Waals surface area (Å²) >= 11 is 0. The fourth-order valence-corrected chi connectivity index (χ4v) is 3.33. The molecule has 0 saturated carbocycles. The van der Waals surface area contributed by atoms with Crippen molar-refractivity contribution in [3.05, 3.63) is 11.3 Å². The average Bonchev–Trinajstić information content (AvgIpc) is 2.91. The van der Waals surface area contributed by atoms with Crippen LogP contribution in [0.25, 0.3) is 0 Å². The summed E-state index contributed by atoms with van der Waals surface area (Å²) in [5, 5.41) is 23.8. The number of hydrogen-bond acceptors (Lipinski definition) is 6. The molecule has 2 aliphatic rings. The van der Waals surface area contributed by atoms with Gasteiger partial charge in [-0.2, -0.15) is 0 Å². The predicted molar refractivity (Wildman–Crippen MR) is 92.3 cm³/mol. The van der Waals surface area contributed by atoms with Gasteiger partial charge in [0.2, 0.25) is 0 Å². The van der Waals surface area contributed by atoms with E-state index in [2.05, 4.69) is 5.32 Å². The van der Waals surface area contributed by atoms with Gasteiger partial charge in [-0.3, -0.25) is 4.79 Å². The molecule has 2 amide bonds. The second kappa shape index (κ2) is 6.52. The van der Waals surface area contributed by atoms with Crippen LogP contribution in [0.1, 0.15) is 41.5 Å². The largest absolute Gasteiger partial charge is 0.478 e. The minimum atomic E-state index is -1.52. The zero-order valence-electron chi connectivity index (χ0n) is 16.2. The van der Waals surface area contributed by atoms with Crippen LogP contribution in [-0.2, 0) is 19.1 Å². The number of carboxylic acid groups (broad SMARTS) is 2. The molecule has 27 heavy (non-hydrogen) atoms. The van der Waals surface area contributed by atoms with Crippen molar-refractivity contribution < 1.29 is 34.1 Å². The number of rotatable bonds is 3. The number of carbonyl (C=O) groups excluding carboxylic acids is 2. The van der Waals surface area contributed by atoms with Crippen LogP contribution in [0, 0.1) is 5.41 Å². The van der Waals surface area contributed by atoms with E-state index in [1.54, 1.807) is 41.5 Å². The number of carboxylic acids is 2. The van der Waals surface area contributed by atoms with Gasteiger partial charge < -0.3 is 20.3 Å². The van der Waals surface area contributed by atoms with Crippen LogP contribution >= 0.6 is 0 Å². The monoisotopic (exact) mass is 383 g/mol. The summed E-state index contributed by atoms with van der Waals surface area (Å²) in [7, 11) is 0. The fourth-order valence-electron chi connectivity index (χ4n) is 3.33. The molecule has 0 bridgehead atoms. The molecule has 10 heteroatoms. The minimum absolute atomic E-state index is 0.0619. The van der Waals surface area contributed by atoms with E-state index in [1.807, 2.05) is 0 Å². The lowest BCUT2D eigenvalue weighted by molar-refractivity contribution is -0.145. The second-order valence-corrected chi connectivity index (χ2v) is 8.61. The SMILES string of the molecule is CC(C)(C)OC(=O)N[C@H]1CN2C(C(C)(C)C)C(C(=O)O)=C(C(=O)O)N2C1=O. The molecule has 0 spiro atoms. The Bertz CT molecular complexity index is 730. The van der Waals surface area contributed by atoms with Gasteiger partial charge in [-0.05, 0) is 26.2 Å². The molecule has 0 aromatic heterocycles. The van der Waals surface area contributed by atoms with Crippen LogP contribution in [-0.4, -0.2) is 68.4 Å².